The average Bonchev–Trinajstić information content (AvgIpc) is 2.58. The Labute approximate surface area is 144 Å². The van der Waals surface area contributed by atoms with Gasteiger partial charge in [-0.3, -0.25) is 4.79 Å². The third-order valence-electron chi connectivity index (χ3n) is 4.61. The van der Waals surface area contributed by atoms with Crippen molar-refractivity contribution >= 4 is 5.91 Å². The number of amides is 1. The van der Waals surface area contributed by atoms with Crippen molar-refractivity contribution in [3.8, 4) is 11.5 Å². The summed E-state index contributed by atoms with van der Waals surface area (Å²) in [5.74, 6) is 1.20. The van der Waals surface area contributed by atoms with Crippen molar-refractivity contribution in [1.29, 1.82) is 0 Å². The molecule has 0 atom stereocenters. The van der Waals surface area contributed by atoms with E-state index in [1.807, 2.05) is 0 Å². The maximum atomic E-state index is 12.2. The van der Waals surface area contributed by atoms with E-state index >= 15 is 0 Å². The smallest absolute Gasteiger partial charge is 0.224 e. The fourth-order valence-electron chi connectivity index (χ4n) is 3.21. The maximum absolute atomic E-state index is 12.2. The van der Waals surface area contributed by atoms with Gasteiger partial charge in [0.05, 0.1) is 13.5 Å². The van der Waals surface area contributed by atoms with Gasteiger partial charge in [0.15, 0.2) is 11.5 Å². The van der Waals surface area contributed by atoms with Crippen LogP contribution in [0.15, 0.2) is 30.4 Å². The van der Waals surface area contributed by atoms with Crippen LogP contribution in [0.5, 0.6) is 11.5 Å². The lowest BCUT2D eigenvalue weighted by Gasteiger charge is -2.27. The lowest BCUT2D eigenvalue weighted by atomic mass is 9.85. The number of unbranched alkanes of at least 4 members (excludes halogenated alkanes) is 1. The number of hydrogen-bond acceptors (Lipinski definition) is 3. The lowest BCUT2D eigenvalue weighted by molar-refractivity contribution is -0.121. The highest BCUT2D eigenvalue weighted by molar-refractivity contribution is 5.79. The first kappa shape index (κ1) is 18.4. The Kier molecular flexibility index (Phi) is 7.16. The second kappa shape index (κ2) is 9.36. The number of carbonyl (C=O) groups excluding carboxylic acids is 1. The molecule has 1 saturated carbocycles. The van der Waals surface area contributed by atoms with Gasteiger partial charge in [-0.05, 0) is 55.7 Å². The van der Waals surface area contributed by atoms with Crippen LogP contribution < -0.4 is 10.1 Å². The van der Waals surface area contributed by atoms with Crippen LogP contribution in [0.3, 0.4) is 0 Å². The molecule has 0 unspecified atom stereocenters. The highest BCUT2D eigenvalue weighted by atomic mass is 16.5. The Morgan fingerprint density at radius 2 is 2.08 bits per heavy atom. The summed E-state index contributed by atoms with van der Waals surface area (Å²) in [4.78, 5) is 12.2. The molecular weight excluding hydrogens is 302 g/mol. The number of hydrogen-bond donors (Lipinski definition) is 2. The molecule has 0 aliphatic heterocycles. The molecule has 2 rings (SSSR count). The molecule has 1 aromatic carbocycles. The van der Waals surface area contributed by atoms with E-state index in [0.29, 0.717) is 18.1 Å². The number of phenols is 1. The van der Waals surface area contributed by atoms with E-state index in [1.54, 1.807) is 18.2 Å². The van der Waals surface area contributed by atoms with Crippen LogP contribution in [0.1, 0.15) is 51.0 Å². The van der Waals surface area contributed by atoms with E-state index in [4.69, 9.17) is 4.74 Å². The molecule has 1 amide bonds. The minimum absolute atomic E-state index is 0.0349. The van der Waals surface area contributed by atoms with Gasteiger partial charge >= 0.3 is 0 Å². The van der Waals surface area contributed by atoms with Crippen LogP contribution in [0.2, 0.25) is 0 Å². The van der Waals surface area contributed by atoms with Crippen LogP contribution in [0.4, 0.5) is 0 Å². The van der Waals surface area contributed by atoms with Crippen molar-refractivity contribution in [2.45, 2.75) is 57.9 Å². The molecule has 1 fully saturated rings. The number of phenolic OH excluding ortho intramolecular Hbond substituents is 1. The molecule has 2 N–H and O–H groups in total. The van der Waals surface area contributed by atoms with E-state index in [9.17, 15) is 9.90 Å². The van der Waals surface area contributed by atoms with Crippen LogP contribution in [0, 0.1) is 5.92 Å². The Balaban J connectivity index is 1.77. The summed E-state index contributed by atoms with van der Waals surface area (Å²) >= 11 is 0. The number of nitrogens with one attached hydrogen (secondary N) is 1. The predicted octanol–water partition coefficient (Wildman–Crippen LogP) is 3.97. The van der Waals surface area contributed by atoms with Crippen LogP contribution in [0.25, 0.3) is 0 Å². The molecule has 0 spiro atoms. The first-order chi connectivity index (χ1) is 11.6. The molecule has 1 aromatic rings. The Morgan fingerprint density at radius 1 is 1.33 bits per heavy atom. The van der Waals surface area contributed by atoms with Gasteiger partial charge in [-0.1, -0.05) is 31.6 Å². The normalized spacial score (nSPS) is 20.9. The molecule has 1 aliphatic rings. The number of ether oxygens (including phenoxy) is 1. The highest BCUT2D eigenvalue weighted by Crippen LogP contribution is 2.27. The van der Waals surface area contributed by atoms with Crippen molar-refractivity contribution in [2.75, 3.05) is 7.11 Å². The Morgan fingerprint density at radius 3 is 2.75 bits per heavy atom. The van der Waals surface area contributed by atoms with Gasteiger partial charge < -0.3 is 15.2 Å². The zero-order valence-electron chi connectivity index (χ0n) is 14.8. The summed E-state index contributed by atoms with van der Waals surface area (Å²) in [6, 6.07) is 5.32. The van der Waals surface area contributed by atoms with Crippen molar-refractivity contribution < 1.29 is 14.6 Å². The van der Waals surface area contributed by atoms with Crippen molar-refractivity contribution in [3.63, 3.8) is 0 Å². The van der Waals surface area contributed by atoms with Crippen molar-refractivity contribution in [3.05, 3.63) is 35.9 Å². The molecular formula is C20H29NO3. The second-order valence-corrected chi connectivity index (χ2v) is 6.58. The van der Waals surface area contributed by atoms with Crippen molar-refractivity contribution in [1.82, 2.24) is 5.32 Å². The topological polar surface area (TPSA) is 58.6 Å². The summed E-state index contributed by atoms with van der Waals surface area (Å²) in [5, 5.41) is 12.7. The standard InChI is InChI=1S/C20H29NO3/c1-3-4-5-6-15-7-10-17(11-8-15)21-20(23)14-16-9-12-18(22)19(13-16)24-2/h5-6,9,12-13,15,17,22H,3-4,7-8,10-11,14H2,1-2H3,(H,21,23)/t15-,17-. The number of methoxy groups -OCH3 is 1. The second-order valence-electron chi connectivity index (χ2n) is 6.58. The fourth-order valence-corrected chi connectivity index (χ4v) is 3.21. The average molecular weight is 331 g/mol. The summed E-state index contributed by atoms with van der Waals surface area (Å²) in [5.41, 5.74) is 0.846. The minimum Gasteiger partial charge on any atom is -0.504 e. The number of carbonyl (C=O) groups is 1. The molecule has 24 heavy (non-hydrogen) atoms. The molecule has 1 aliphatic carbocycles. The Bertz CT molecular complexity index is 560. The molecule has 0 aromatic heterocycles. The minimum atomic E-state index is 0.0349. The van der Waals surface area contributed by atoms with Gasteiger partial charge in [-0.2, -0.15) is 0 Å². The molecule has 132 valence electrons. The van der Waals surface area contributed by atoms with Gasteiger partial charge in [-0.25, -0.2) is 0 Å². The zero-order chi connectivity index (χ0) is 17.4. The maximum Gasteiger partial charge on any atom is 0.224 e. The predicted molar refractivity (Wildman–Crippen MR) is 96.3 cm³/mol. The third kappa shape index (κ3) is 5.59. The SMILES string of the molecule is CCCC=C[C@H]1CC[C@H](NC(=O)Cc2ccc(O)c(OC)c2)CC1. The fraction of sp³-hybridized carbons (Fsp3) is 0.550. The van der Waals surface area contributed by atoms with Crippen molar-refractivity contribution in [2.24, 2.45) is 5.92 Å². The molecule has 4 heteroatoms. The van der Waals surface area contributed by atoms with Gasteiger partial charge in [0.2, 0.25) is 5.91 Å². The molecule has 0 bridgehead atoms. The first-order valence-corrected chi connectivity index (χ1v) is 8.94. The largest absolute Gasteiger partial charge is 0.504 e. The monoisotopic (exact) mass is 331 g/mol. The van der Waals surface area contributed by atoms with Crippen LogP contribution >= 0.6 is 0 Å². The third-order valence-corrected chi connectivity index (χ3v) is 4.61. The molecule has 0 heterocycles. The summed E-state index contributed by atoms with van der Waals surface area (Å²) in [7, 11) is 1.51. The summed E-state index contributed by atoms with van der Waals surface area (Å²) in [6.45, 7) is 2.19. The van der Waals surface area contributed by atoms with Gasteiger partial charge in [0.1, 0.15) is 0 Å². The van der Waals surface area contributed by atoms with Gasteiger partial charge in [0.25, 0.3) is 0 Å². The van der Waals surface area contributed by atoms with Gasteiger partial charge in [-0.15, -0.1) is 0 Å². The van der Waals surface area contributed by atoms with E-state index in [0.717, 1.165) is 37.7 Å². The highest BCUT2D eigenvalue weighted by Gasteiger charge is 2.21. The number of benzene rings is 1. The zero-order valence-corrected chi connectivity index (χ0v) is 14.8. The molecule has 0 saturated heterocycles. The summed E-state index contributed by atoms with van der Waals surface area (Å²) in [6.07, 6.45) is 11.7. The Hall–Kier alpha value is -1.97. The molecule has 0 radical (unpaired) electrons. The molecule has 4 nitrogen and oxygen atoms in total. The first-order valence-electron chi connectivity index (χ1n) is 8.94. The van der Waals surface area contributed by atoms with E-state index in [2.05, 4.69) is 24.4 Å². The summed E-state index contributed by atoms with van der Waals surface area (Å²) < 4.78 is 5.08. The number of aromatic hydroxyl groups is 1. The lowest BCUT2D eigenvalue weighted by Crippen LogP contribution is -2.38. The van der Waals surface area contributed by atoms with E-state index < -0.39 is 0 Å². The number of allylic oxidation sites excluding steroid dienone is 2. The van der Waals surface area contributed by atoms with Gasteiger partial charge in [0, 0.05) is 6.04 Å². The quantitative estimate of drug-likeness (QED) is 0.743. The van der Waals surface area contributed by atoms with E-state index in [-0.39, 0.29) is 17.7 Å². The van der Waals surface area contributed by atoms with E-state index in [1.165, 1.54) is 13.5 Å². The number of rotatable bonds is 7. The van der Waals surface area contributed by atoms with Crippen LogP contribution in [-0.4, -0.2) is 24.2 Å². The van der Waals surface area contributed by atoms with Crippen LogP contribution in [-0.2, 0) is 11.2 Å².